The van der Waals surface area contributed by atoms with E-state index in [4.69, 9.17) is 5.26 Å². The number of carbonyl (C=O) groups is 1. The van der Waals surface area contributed by atoms with Crippen molar-refractivity contribution in [2.24, 2.45) is 0 Å². The number of anilines is 1. The van der Waals surface area contributed by atoms with Crippen molar-refractivity contribution in [3.05, 3.63) is 77.2 Å². The van der Waals surface area contributed by atoms with Gasteiger partial charge in [-0.3, -0.25) is 9.36 Å². The molecule has 2 heterocycles. The highest BCUT2D eigenvalue weighted by molar-refractivity contribution is 5.94. The van der Waals surface area contributed by atoms with Crippen LogP contribution >= 0.6 is 0 Å². The molecule has 1 atom stereocenters. The number of alkyl halides is 3. The Hall–Kier alpha value is -3.60. The van der Waals surface area contributed by atoms with E-state index in [1.165, 1.54) is 18.5 Å². The molecule has 0 spiro atoms. The Morgan fingerprint density at radius 3 is 2.39 bits per heavy atom. The Morgan fingerprint density at radius 1 is 1.11 bits per heavy atom. The van der Waals surface area contributed by atoms with Gasteiger partial charge in [0.05, 0.1) is 22.9 Å². The second kappa shape index (κ2) is 6.53. The first-order valence-corrected chi connectivity index (χ1v) is 8.41. The fourth-order valence-corrected chi connectivity index (χ4v) is 3.28. The van der Waals surface area contributed by atoms with Gasteiger partial charge in [0.1, 0.15) is 12.1 Å². The highest BCUT2D eigenvalue weighted by Crippen LogP contribution is 2.37. The lowest BCUT2D eigenvalue weighted by Gasteiger charge is -2.23. The average molecular weight is 382 g/mol. The summed E-state index contributed by atoms with van der Waals surface area (Å²) in [5.41, 5.74) is 1.70. The zero-order valence-electron chi connectivity index (χ0n) is 14.4. The molecule has 1 aromatic heterocycles. The van der Waals surface area contributed by atoms with Gasteiger partial charge in [0.15, 0.2) is 0 Å². The van der Waals surface area contributed by atoms with Crippen LogP contribution in [0.4, 0.5) is 19.0 Å². The van der Waals surface area contributed by atoms with Crippen LogP contribution in [0.5, 0.6) is 0 Å². The van der Waals surface area contributed by atoms with Crippen molar-refractivity contribution >= 4 is 11.7 Å². The number of halogens is 3. The normalized spacial score (nSPS) is 16.2. The maximum atomic E-state index is 12.8. The number of amides is 1. The van der Waals surface area contributed by atoms with Crippen LogP contribution in [-0.4, -0.2) is 15.5 Å². The lowest BCUT2D eigenvalue weighted by molar-refractivity contribution is -0.137. The molecule has 0 aliphatic carbocycles. The third-order valence-electron chi connectivity index (χ3n) is 4.69. The zero-order valence-corrected chi connectivity index (χ0v) is 14.4. The summed E-state index contributed by atoms with van der Waals surface area (Å²) in [6.07, 6.45) is -2.74. The van der Waals surface area contributed by atoms with E-state index < -0.39 is 11.7 Å². The van der Waals surface area contributed by atoms with Crippen LogP contribution in [0.2, 0.25) is 0 Å². The fraction of sp³-hybridized carbons (Fsp3) is 0.150. The average Bonchev–Trinajstić information content (AvgIpc) is 3.10. The van der Waals surface area contributed by atoms with Gasteiger partial charge in [-0.2, -0.15) is 18.4 Å². The van der Waals surface area contributed by atoms with E-state index in [1.807, 2.05) is 6.07 Å². The molecule has 1 N–H and O–H groups in total. The highest BCUT2D eigenvalue weighted by Gasteiger charge is 2.32. The summed E-state index contributed by atoms with van der Waals surface area (Å²) >= 11 is 0. The van der Waals surface area contributed by atoms with E-state index in [-0.39, 0.29) is 18.2 Å². The molecule has 4 rings (SSSR count). The van der Waals surface area contributed by atoms with Gasteiger partial charge in [-0.1, -0.05) is 12.1 Å². The number of hydrogen-bond acceptors (Lipinski definition) is 3. The minimum Gasteiger partial charge on any atom is -0.310 e. The standard InChI is InChI=1S/C20H13F3N4O/c21-20(22,23)14-5-7-15(8-6-14)27-11-25-18-16(9-17(28)26-19(18)27)13-3-1-12(10-24)2-4-13/h1-8,11,16H,9H2,(H,26,28)/t16-/m1/s1. The van der Waals surface area contributed by atoms with Crippen molar-refractivity contribution in [1.82, 2.24) is 9.55 Å². The number of nitrogens with zero attached hydrogens (tertiary/aromatic N) is 3. The zero-order chi connectivity index (χ0) is 19.9. The number of nitrogens with one attached hydrogen (secondary N) is 1. The predicted molar refractivity (Wildman–Crippen MR) is 94.8 cm³/mol. The van der Waals surface area contributed by atoms with Gasteiger partial charge in [0.2, 0.25) is 5.91 Å². The predicted octanol–water partition coefficient (Wildman–Crippen LogP) is 4.24. The summed E-state index contributed by atoms with van der Waals surface area (Å²) in [6.45, 7) is 0. The van der Waals surface area contributed by atoms with Crippen molar-refractivity contribution in [2.45, 2.75) is 18.5 Å². The van der Waals surface area contributed by atoms with Crippen molar-refractivity contribution in [1.29, 1.82) is 5.26 Å². The van der Waals surface area contributed by atoms with Gasteiger partial charge >= 0.3 is 6.18 Å². The second-order valence-corrected chi connectivity index (χ2v) is 6.43. The van der Waals surface area contributed by atoms with Crippen molar-refractivity contribution in [2.75, 3.05) is 5.32 Å². The quantitative estimate of drug-likeness (QED) is 0.721. The SMILES string of the molecule is N#Cc1ccc([C@H]2CC(=O)Nc3c2ncn3-c2ccc(C(F)(F)F)cc2)cc1. The molecule has 1 amide bonds. The molecule has 0 fully saturated rings. The molecule has 1 aliphatic rings. The van der Waals surface area contributed by atoms with Gasteiger partial charge in [0, 0.05) is 18.0 Å². The van der Waals surface area contributed by atoms with Crippen molar-refractivity contribution in [3.8, 4) is 11.8 Å². The van der Waals surface area contributed by atoms with Crippen LogP contribution in [0.15, 0.2) is 54.9 Å². The number of aromatic nitrogens is 2. The number of nitriles is 1. The number of imidazole rings is 1. The summed E-state index contributed by atoms with van der Waals surface area (Å²) in [5.74, 6) is -0.0759. The Kier molecular flexibility index (Phi) is 4.15. The lowest BCUT2D eigenvalue weighted by atomic mass is 9.89. The summed E-state index contributed by atoms with van der Waals surface area (Å²) in [6, 6.07) is 13.6. The van der Waals surface area contributed by atoms with Crippen LogP contribution in [0.25, 0.3) is 5.69 Å². The van der Waals surface area contributed by atoms with E-state index in [0.29, 0.717) is 22.8 Å². The molecule has 2 aromatic carbocycles. The number of benzene rings is 2. The Morgan fingerprint density at radius 2 is 1.79 bits per heavy atom. The summed E-state index contributed by atoms with van der Waals surface area (Å²) in [7, 11) is 0. The van der Waals surface area contributed by atoms with E-state index in [9.17, 15) is 18.0 Å². The van der Waals surface area contributed by atoms with Gasteiger partial charge < -0.3 is 5.32 Å². The molecule has 28 heavy (non-hydrogen) atoms. The van der Waals surface area contributed by atoms with E-state index >= 15 is 0 Å². The maximum absolute atomic E-state index is 12.8. The lowest BCUT2D eigenvalue weighted by Crippen LogP contribution is -2.24. The topological polar surface area (TPSA) is 70.7 Å². The Labute approximate surface area is 158 Å². The van der Waals surface area contributed by atoms with Crippen LogP contribution in [0.1, 0.15) is 34.7 Å². The van der Waals surface area contributed by atoms with Crippen molar-refractivity contribution in [3.63, 3.8) is 0 Å². The molecule has 0 saturated carbocycles. The van der Waals surface area contributed by atoms with Crippen LogP contribution in [0, 0.1) is 11.3 Å². The minimum atomic E-state index is -4.41. The Balaban J connectivity index is 1.73. The van der Waals surface area contributed by atoms with Crippen LogP contribution < -0.4 is 5.32 Å². The maximum Gasteiger partial charge on any atom is 0.416 e. The first-order valence-electron chi connectivity index (χ1n) is 8.41. The fourth-order valence-electron chi connectivity index (χ4n) is 3.28. The first-order chi connectivity index (χ1) is 13.4. The molecule has 3 aromatic rings. The molecule has 0 unspecified atom stereocenters. The van der Waals surface area contributed by atoms with Crippen LogP contribution in [0.3, 0.4) is 0 Å². The molecular formula is C20H13F3N4O. The number of rotatable bonds is 2. The largest absolute Gasteiger partial charge is 0.416 e. The summed E-state index contributed by atoms with van der Waals surface area (Å²) in [5, 5.41) is 11.7. The third-order valence-corrected chi connectivity index (χ3v) is 4.69. The minimum absolute atomic E-state index is 0.197. The van der Waals surface area contributed by atoms with Gasteiger partial charge in [-0.25, -0.2) is 4.98 Å². The van der Waals surface area contributed by atoms with Crippen LogP contribution in [-0.2, 0) is 11.0 Å². The van der Waals surface area contributed by atoms with E-state index in [2.05, 4.69) is 10.3 Å². The highest BCUT2D eigenvalue weighted by atomic mass is 19.4. The first kappa shape index (κ1) is 17.8. The van der Waals surface area contributed by atoms with Crippen molar-refractivity contribution < 1.29 is 18.0 Å². The van der Waals surface area contributed by atoms with E-state index in [0.717, 1.165) is 17.7 Å². The monoisotopic (exact) mass is 382 g/mol. The van der Waals surface area contributed by atoms with Gasteiger partial charge in [0.25, 0.3) is 0 Å². The smallest absolute Gasteiger partial charge is 0.310 e. The molecule has 140 valence electrons. The summed E-state index contributed by atoms with van der Waals surface area (Å²) < 4.78 is 39.9. The molecule has 0 radical (unpaired) electrons. The van der Waals surface area contributed by atoms with Gasteiger partial charge in [-0.15, -0.1) is 0 Å². The number of fused-ring (bicyclic) bond motifs is 1. The van der Waals surface area contributed by atoms with E-state index in [1.54, 1.807) is 28.8 Å². The molecular weight excluding hydrogens is 369 g/mol. The number of hydrogen-bond donors (Lipinski definition) is 1. The van der Waals surface area contributed by atoms with Gasteiger partial charge in [-0.05, 0) is 42.0 Å². The molecule has 8 heteroatoms. The third kappa shape index (κ3) is 3.11. The molecule has 1 aliphatic heterocycles. The molecule has 0 bridgehead atoms. The molecule has 0 saturated heterocycles. The second-order valence-electron chi connectivity index (χ2n) is 6.43. The summed E-state index contributed by atoms with van der Waals surface area (Å²) in [4.78, 5) is 16.6. The number of carbonyl (C=O) groups excluding carboxylic acids is 1. The Bertz CT molecular complexity index is 1080. The molecule has 5 nitrogen and oxygen atoms in total.